The minimum Gasteiger partial charge on any atom is -0.421 e. The van der Waals surface area contributed by atoms with Crippen molar-refractivity contribution in [1.29, 1.82) is 0 Å². The number of rotatable bonds is 3. The molecule has 0 unspecified atom stereocenters. The maximum Gasteiger partial charge on any atom is 0.343 e. The molecule has 0 radical (unpaired) electrons. The zero-order chi connectivity index (χ0) is 15.6. The first-order chi connectivity index (χ1) is 9.88. The number of ether oxygens (including phenoxy) is 1. The van der Waals surface area contributed by atoms with Crippen LogP contribution in [-0.4, -0.2) is 10.9 Å². The van der Waals surface area contributed by atoms with Gasteiger partial charge in [0, 0.05) is 17.2 Å². The van der Waals surface area contributed by atoms with Crippen molar-refractivity contribution < 1.29 is 14.5 Å². The number of carbonyl (C=O) groups excluding carboxylic acids is 1. The Morgan fingerprint density at radius 1 is 1.05 bits per heavy atom. The van der Waals surface area contributed by atoms with Crippen molar-refractivity contribution in [1.82, 2.24) is 0 Å². The molecule has 0 bridgehead atoms. The molecule has 5 nitrogen and oxygen atoms in total. The lowest BCUT2D eigenvalue weighted by Crippen LogP contribution is -2.09. The van der Waals surface area contributed by atoms with E-state index in [1.807, 2.05) is 0 Å². The van der Waals surface area contributed by atoms with Crippen LogP contribution >= 0.6 is 34.8 Å². The third-order valence-corrected chi connectivity index (χ3v) is 3.34. The first-order valence-electron chi connectivity index (χ1n) is 5.49. The number of nitro groups is 1. The fraction of sp³-hybridized carbons (Fsp3) is 0. The fourth-order valence-corrected chi connectivity index (χ4v) is 2.00. The maximum atomic E-state index is 12.0. The van der Waals surface area contributed by atoms with Crippen LogP contribution in [0, 0.1) is 10.1 Å². The molecule has 2 rings (SSSR count). The summed E-state index contributed by atoms with van der Waals surface area (Å²) in [5.41, 5.74) is -0.412. The number of carbonyl (C=O) groups is 1. The van der Waals surface area contributed by atoms with E-state index in [4.69, 9.17) is 39.5 Å². The molecule has 0 heterocycles. The molecule has 0 aliphatic carbocycles. The van der Waals surface area contributed by atoms with Gasteiger partial charge in [-0.3, -0.25) is 10.1 Å². The summed E-state index contributed by atoms with van der Waals surface area (Å²) in [4.78, 5) is 22.1. The normalized spacial score (nSPS) is 10.2. The van der Waals surface area contributed by atoms with Gasteiger partial charge in [-0.1, -0.05) is 34.8 Å². The van der Waals surface area contributed by atoms with Crippen molar-refractivity contribution in [3.63, 3.8) is 0 Å². The van der Waals surface area contributed by atoms with Crippen LogP contribution in [0.4, 0.5) is 5.69 Å². The minimum atomic E-state index is -0.807. The highest BCUT2D eigenvalue weighted by Gasteiger charge is 2.18. The van der Waals surface area contributed by atoms with E-state index in [9.17, 15) is 14.9 Å². The predicted octanol–water partition coefficient (Wildman–Crippen LogP) is 4.77. The number of hydrogen-bond acceptors (Lipinski definition) is 4. The van der Waals surface area contributed by atoms with Crippen molar-refractivity contribution in [2.24, 2.45) is 0 Å². The van der Waals surface area contributed by atoms with E-state index in [-0.39, 0.29) is 27.0 Å². The van der Waals surface area contributed by atoms with Crippen LogP contribution in [0.15, 0.2) is 36.4 Å². The smallest absolute Gasteiger partial charge is 0.343 e. The fourth-order valence-electron chi connectivity index (χ4n) is 1.49. The largest absolute Gasteiger partial charge is 0.421 e. The monoisotopic (exact) mass is 345 g/mol. The second-order valence-corrected chi connectivity index (χ2v) is 5.14. The van der Waals surface area contributed by atoms with Gasteiger partial charge in [-0.05, 0) is 24.3 Å². The van der Waals surface area contributed by atoms with E-state index in [1.165, 1.54) is 30.3 Å². The molecule has 0 saturated carbocycles. The van der Waals surface area contributed by atoms with Crippen molar-refractivity contribution in [3.05, 3.63) is 67.1 Å². The Morgan fingerprint density at radius 3 is 2.38 bits per heavy atom. The molecule has 0 aliphatic rings. The molecule has 21 heavy (non-hydrogen) atoms. The molecule has 2 aromatic carbocycles. The number of nitrogens with zero attached hydrogens (tertiary/aromatic N) is 1. The molecule has 0 fully saturated rings. The Morgan fingerprint density at radius 2 is 1.71 bits per heavy atom. The molecular weight excluding hydrogens is 341 g/mol. The van der Waals surface area contributed by atoms with Gasteiger partial charge in [-0.15, -0.1) is 0 Å². The lowest BCUT2D eigenvalue weighted by Gasteiger charge is -2.07. The standard InChI is InChI=1S/C13H6Cl3NO4/c14-8-2-4-10(16)12(6-8)21-13(18)7-1-3-9(15)11(5-7)17(19)20/h1-6H. The van der Waals surface area contributed by atoms with Crippen LogP contribution in [-0.2, 0) is 0 Å². The lowest BCUT2D eigenvalue weighted by molar-refractivity contribution is -0.384. The van der Waals surface area contributed by atoms with Gasteiger partial charge in [0.05, 0.1) is 15.5 Å². The summed E-state index contributed by atoms with van der Waals surface area (Å²) in [5, 5.41) is 11.2. The molecule has 2 aromatic rings. The second-order valence-electron chi connectivity index (χ2n) is 3.89. The summed E-state index contributed by atoms with van der Waals surface area (Å²) in [6.07, 6.45) is 0. The van der Waals surface area contributed by atoms with Crippen LogP contribution in [0.3, 0.4) is 0 Å². The van der Waals surface area contributed by atoms with E-state index >= 15 is 0 Å². The maximum absolute atomic E-state index is 12.0. The van der Waals surface area contributed by atoms with Gasteiger partial charge in [0.25, 0.3) is 5.69 Å². The van der Waals surface area contributed by atoms with Gasteiger partial charge in [0.15, 0.2) is 5.75 Å². The van der Waals surface area contributed by atoms with E-state index in [0.29, 0.717) is 5.02 Å². The molecular formula is C13H6Cl3NO4. The molecule has 0 N–H and O–H groups in total. The first-order valence-corrected chi connectivity index (χ1v) is 6.63. The first kappa shape index (κ1) is 15.6. The topological polar surface area (TPSA) is 69.4 Å². The summed E-state index contributed by atoms with van der Waals surface area (Å²) < 4.78 is 5.07. The second kappa shape index (κ2) is 6.30. The SMILES string of the molecule is O=C(Oc1cc(Cl)ccc1Cl)c1ccc(Cl)c([N+](=O)[O-])c1. The van der Waals surface area contributed by atoms with Gasteiger partial charge in [-0.25, -0.2) is 4.79 Å². The van der Waals surface area contributed by atoms with Gasteiger partial charge in [-0.2, -0.15) is 0 Å². The third-order valence-electron chi connectivity index (χ3n) is 2.47. The van der Waals surface area contributed by atoms with Gasteiger partial charge in [0.2, 0.25) is 0 Å². The number of halogens is 3. The van der Waals surface area contributed by atoms with Crippen molar-refractivity contribution in [2.45, 2.75) is 0 Å². The highest BCUT2D eigenvalue weighted by atomic mass is 35.5. The summed E-state index contributed by atoms with van der Waals surface area (Å²) in [5.74, 6) is -0.745. The van der Waals surface area contributed by atoms with Crippen molar-refractivity contribution in [2.75, 3.05) is 0 Å². The molecule has 108 valence electrons. The van der Waals surface area contributed by atoms with Crippen LogP contribution < -0.4 is 4.74 Å². The average molecular weight is 347 g/mol. The lowest BCUT2D eigenvalue weighted by atomic mass is 10.2. The number of esters is 1. The van der Waals surface area contributed by atoms with E-state index in [2.05, 4.69) is 0 Å². The highest BCUT2D eigenvalue weighted by molar-refractivity contribution is 6.34. The Bertz CT molecular complexity index is 733. The van der Waals surface area contributed by atoms with Gasteiger partial charge < -0.3 is 4.74 Å². The van der Waals surface area contributed by atoms with E-state index in [1.54, 1.807) is 0 Å². The number of hydrogen-bond donors (Lipinski definition) is 0. The van der Waals surface area contributed by atoms with E-state index < -0.39 is 10.9 Å². The van der Waals surface area contributed by atoms with Crippen LogP contribution in [0.2, 0.25) is 15.1 Å². The zero-order valence-corrected chi connectivity index (χ0v) is 12.4. The minimum absolute atomic E-state index is 0.0258. The van der Waals surface area contributed by atoms with Crippen LogP contribution in [0.5, 0.6) is 5.75 Å². The average Bonchev–Trinajstić information content (AvgIpc) is 2.43. The van der Waals surface area contributed by atoms with Crippen molar-refractivity contribution >= 4 is 46.5 Å². The number of benzene rings is 2. The number of nitro benzene ring substituents is 1. The Hall–Kier alpha value is -1.82. The Balaban J connectivity index is 2.30. The molecule has 0 atom stereocenters. The summed E-state index contributed by atoms with van der Waals surface area (Å²) in [6.45, 7) is 0. The molecule has 0 spiro atoms. The summed E-state index contributed by atoms with van der Waals surface area (Å²) in [6, 6.07) is 7.96. The van der Waals surface area contributed by atoms with E-state index in [0.717, 1.165) is 6.07 Å². The van der Waals surface area contributed by atoms with Crippen LogP contribution in [0.1, 0.15) is 10.4 Å². The third kappa shape index (κ3) is 3.64. The molecule has 0 amide bonds. The molecule has 0 aromatic heterocycles. The molecule has 0 aliphatic heterocycles. The quantitative estimate of drug-likeness (QED) is 0.347. The Kier molecular flexibility index (Phi) is 4.67. The summed E-state index contributed by atoms with van der Waals surface area (Å²) in [7, 11) is 0. The van der Waals surface area contributed by atoms with Crippen LogP contribution in [0.25, 0.3) is 0 Å². The van der Waals surface area contributed by atoms with Crippen molar-refractivity contribution in [3.8, 4) is 5.75 Å². The van der Waals surface area contributed by atoms with Gasteiger partial charge in [0.1, 0.15) is 5.02 Å². The summed E-state index contributed by atoms with van der Waals surface area (Å²) >= 11 is 17.3. The molecule has 8 heteroatoms. The zero-order valence-electron chi connectivity index (χ0n) is 10.2. The Labute approximate surface area is 134 Å². The molecule has 0 saturated heterocycles. The highest BCUT2D eigenvalue weighted by Crippen LogP contribution is 2.30. The predicted molar refractivity (Wildman–Crippen MR) is 79.5 cm³/mol. The van der Waals surface area contributed by atoms with Gasteiger partial charge >= 0.3 is 5.97 Å².